The molecule has 0 unspecified atom stereocenters. The fourth-order valence-corrected chi connectivity index (χ4v) is 2.43. The van der Waals surface area contributed by atoms with Crippen LogP contribution in [0.4, 0.5) is 4.79 Å². The number of nitrogens with zero attached hydrogens (tertiary/aromatic N) is 4. The molecular formula is C15H18N4O4. The number of likely N-dealkylation sites (tertiary alicyclic amines) is 1. The van der Waals surface area contributed by atoms with Gasteiger partial charge >= 0.3 is 12.1 Å². The second kappa shape index (κ2) is 5.22. The fraction of sp³-hybridized carbons (Fsp3) is 0.467. The van der Waals surface area contributed by atoms with Crippen LogP contribution in [-0.2, 0) is 4.74 Å². The molecule has 1 aliphatic heterocycles. The van der Waals surface area contributed by atoms with E-state index in [1.54, 1.807) is 15.6 Å². The first kappa shape index (κ1) is 15.3. The Bertz CT molecular complexity index is 771. The van der Waals surface area contributed by atoms with Crippen molar-refractivity contribution in [1.29, 1.82) is 0 Å². The van der Waals surface area contributed by atoms with Crippen LogP contribution in [0.3, 0.4) is 0 Å². The van der Waals surface area contributed by atoms with Gasteiger partial charge in [-0.25, -0.2) is 14.6 Å². The van der Waals surface area contributed by atoms with Crippen molar-refractivity contribution < 1.29 is 19.4 Å². The van der Waals surface area contributed by atoms with E-state index in [0.717, 1.165) is 5.52 Å². The molecule has 1 N–H and O–H groups in total. The lowest BCUT2D eigenvalue weighted by Crippen LogP contribution is -2.52. The van der Waals surface area contributed by atoms with Crippen molar-refractivity contribution >= 4 is 23.1 Å². The third-order valence-corrected chi connectivity index (χ3v) is 3.53. The molecule has 0 aromatic carbocycles. The minimum Gasteiger partial charge on any atom is -0.477 e. The molecule has 1 saturated heterocycles. The molecule has 0 atom stereocenters. The van der Waals surface area contributed by atoms with E-state index >= 15 is 0 Å². The molecule has 0 aliphatic carbocycles. The van der Waals surface area contributed by atoms with Crippen molar-refractivity contribution in [1.82, 2.24) is 19.7 Å². The molecule has 0 radical (unpaired) electrons. The quantitative estimate of drug-likeness (QED) is 0.908. The molecule has 1 aliphatic rings. The molecule has 1 amide bonds. The lowest BCUT2D eigenvalue weighted by atomic mass is 10.1. The maximum Gasteiger partial charge on any atom is 0.410 e. The van der Waals surface area contributed by atoms with Crippen molar-refractivity contribution in [2.24, 2.45) is 0 Å². The molecule has 3 rings (SSSR count). The SMILES string of the molecule is CC(C)(C)OC(=O)N1CC(n2ncc3nc(C(=O)O)ccc32)C1. The van der Waals surface area contributed by atoms with Crippen molar-refractivity contribution in [3.8, 4) is 0 Å². The molecule has 2 aromatic rings. The van der Waals surface area contributed by atoms with Crippen LogP contribution in [0.2, 0.25) is 0 Å². The number of carbonyl (C=O) groups is 2. The average Bonchev–Trinajstić information content (AvgIpc) is 2.78. The number of ether oxygens (including phenoxy) is 1. The number of aromatic carboxylic acids is 1. The Balaban J connectivity index is 1.72. The minimum absolute atomic E-state index is 0.0129. The maximum atomic E-state index is 11.9. The highest BCUT2D eigenvalue weighted by Gasteiger charge is 2.35. The van der Waals surface area contributed by atoms with Gasteiger partial charge in [0.25, 0.3) is 0 Å². The Morgan fingerprint density at radius 1 is 1.30 bits per heavy atom. The molecule has 2 aromatic heterocycles. The second-order valence-electron chi connectivity index (χ2n) is 6.53. The molecule has 8 heteroatoms. The van der Waals surface area contributed by atoms with Gasteiger partial charge < -0.3 is 14.7 Å². The number of carboxylic acids is 1. The first-order valence-electron chi connectivity index (χ1n) is 7.30. The summed E-state index contributed by atoms with van der Waals surface area (Å²) in [5.74, 6) is -1.07. The molecule has 122 valence electrons. The van der Waals surface area contributed by atoms with Crippen LogP contribution in [0.5, 0.6) is 0 Å². The largest absolute Gasteiger partial charge is 0.477 e. The van der Waals surface area contributed by atoms with Crippen LogP contribution in [0.25, 0.3) is 11.0 Å². The predicted octanol–water partition coefficient (Wildman–Crippen LogP) is 1.92. The van der Waals surface area contributed by atoms with Gasteiger partial charge in [0, 0.05) is 13.1 Å². The summed E-state index contributed by atoms with van der Waals surface area (Å²) in [5, 5.41) is 13.2. The summed E-state index contributed by atoms with van der Waals surface area (Å²) in [6, 6.07) is 3.18. The van der Waals surface area contributed by atoms with Gasteiger partial charge in [0.2, 0.25) is 0 Å². The first-order chi connectivity index (χ1) is 10.7. The van der Waals surface area contributed by atoms with Crippen LogP contribution >= 0.6 is 0 Å². The first-order valence-corrected chi connectivity index (χ1v) is 7.30. The van der Waals surface area contributed by atoms with E-state index in [1.165, 1.54) is 12.3 Å². The zero-order chi connectivity index (χ0) is 16.8. The third-order valence-electron chi connectivity index (χ3n) is 3.53. The smallest absolute Gasteiger partial charge is 0.410 e. The van der Waals surface area contributed by atoms with Gasteiger partial charge in [-0.2, -0.15) is 5.10 Å². The van der Waals surface area contributed by atoms with E-state index in [-0.39, 0.29) is 17.8 Å². The summed E-state index contributed by atoms with van der Waals surface area (Å²) in [4.78, 5) is 28.5. The Morgan fingerprint density at radius 2 is 2.00 bits per heavy atom. The Hall–Kier alpha value is -2.64. The standard InChI is InChI=1S/C15H18N4O4/c1-15(2,3)23-14(22)18-7-9(8-18)19-12-5-4-10(13(20)21)17-11(12)6-16-19/h4-6,9H,7-8H2,1-3H3,(H,20,21). The molecule has 0 spiro atoms. The zero-order valence-corrected chi connectivity index (χ0v) is 13.2. The summed E-state index contributed by atoms with van der Waals surface area (Å²) in [6.07, 6.45) is 1.20. The second-order valence-corrected chi connectivity index (χ2v) is 6.53. The Kier molecular flexibility index (Phi) is 3.46. The van der Waals surface area contributed by atoms with Gasteiger partial charge in [0.05, 0.1) is 17.8 Å². The number of carboxylic acid groups (broad SMARTS) is 1. The van der Waals surface area contributed by atoms with Crippen LogP contribution in [0.1, 0.15) is 37.3 Å². The highest BCUT2D eigenvalue weighted by atomic mass is 16.6. The minimum atomic E-state index is -1.07. The summed E-state index contributed by atoms with van der Waals surface area (Å²) in [7, 11) is 0. The summed E-state index contributed by atoms with van der Waals surface area (Å²) >= 11 is 0. The van der Waals surface area contributed by atoms with Gasteiger partial charge in [0.15, 0.2) is 0 Å². The van der Waals surface area contributed by atoms with Gasteiger partial charge in [-0.1, -0.05) is 0 Å². The number of fused-ring (bicyclic) bond motifs is 1. The van der Waals surface area contributed by atoms with Crippen LogP contribution in [-0.4, -0.2) is 55.5 Å². The number of aromatic nitrogens is 3. The van der Waals surface area contributed by atoms with E-state index in [4.69, 9.17) is 9.84 Å². The summed E-state index contributed by atoms with van der Waals surface area (Å²) in [6.45, 7) is 6.50. The summed E-state index contributed by atoms with van der Waals surface area (Å²) < 4.78 is 7.09. The van der Waals surface area contributed by atoms with Crippen LogP contribution < -0.4 is 0 Å². The number of amides is 1. The zero-order valence-electron chi connectivity index (χ0n) is 13.2. The molecule has 3 heterocycles. The number of carbonyl (C=O) groups excluding carboxylic acids is 1. The predicted molar refractivity (Wildman–Crippen MR) is 81.3 cm³/mol. The van der Waals surface area contributed by atoms with E-state index < -0.39 is 11.6 Å². The van der Waals surface area contributed by atoms with Gasteiger partial charge in [-0.05, 0) is 32.9 Å². The van der Waals surface area contributed by atoms with Crippen LogP contribution in [0, 0.1) is 0 Å². The lowest BCUT2D eigenvalue weighted by Gasteiger charge is -2.39. The third kappa shape index (κ3) is 2.96. The molecule has 8 nitrogen and oxygen atoms in total. The number of rotatable bonds is 2. The highest BCUT2D eigenvalue weighted by molar-refractivity contribution is 5.88. The molecule has 0 bridgehead atoms. The van der Waals surface area contributed by atoms with Gasteiger partial charge in [-0.3, -0.25) is 4.68 Å². The number of hydrogen-bond donors (Lipinski definition) is 1. The lowest BCUT2D eigenvalue weighted by molar-refractivity contribution is 0.000143. The van der Waals surface area contributed by atoms with Crippen molar-refractivity contribution in [3.05, 3.63) is 24.0 Å². The monoisotopic (exact) mass is 318 g/mol. The van der Waals surface area contributed by atoms with Crippen molar-refractivity contribution in [2.75, 3.05) is 13.1 Å². The van der Waals surface area contributed by atoms with E-state index in [0.29, 0.717) is 18.6 Å². The summed E-state index contributed by atoms with van der Waals surface area (Å²) in [5.41, 5.74) is 0.753. The molecule has 23 heavy (non-hydrogen) atoms. The molecular weight excluding hydrogens is 300 g/mol. The van der Waals surface area contributed by atoms with Crippen molar-refractivity contribution in [3.63, 3.8) is 0 Å². The molecule has 0 saturated carbocycles. The average molecular weight is 318 g/mol. The fourth-order valence-electron chi connectivity index (χ4n) is 2.43. The van der Waals surface area contributed by atoms with E-state index in [2.05, 4.69) is 10.1 Å². The maximum absolute atomic E-state index is 11.9. The highest BCUT2D eigenvalue weighted by Crippen LogP contribution is 2.26. The number of hydrogen-bond acceptors (Lipinski definition) is 5. The topological polar surface area (TPSA) is 97.5 Å². The molecule has 1 fully saturated rings. The Morgan fingerprint density at radius 3 is 2.61 bits per heavy atom. The van der Waals surface area contributed by atoms with Crippen molar-refractivity contribution in [2.45, 2.75) is 32.4 Å². The normalized spacial score (nSPS) is 15.5. The van der Waals surface area contributed by atoms with Crippen LogP contribution in [0.15, 0.2) is 18.3 Å². The van der Waals surface area contributed by atoms with Gasteiger partial charge in [-0.15, -0.1) is 0 Å². The number of pyridine rings is 1. The van der Waals surface area contributed by atoms with Gasteiger partial charge in [0.1, 0.15) is 16.8 Å². The van der Waals surface area contributed by atoms with E-state index in [1.807, 2.05) is 20.8 Å². The van der Waals surface area contributed by atoms with E-state index in [9.17, 15) is 9.59 Å². The Labute approximate surface area is 132 Å².